The van der Waals surface area contributed by atoms with E-state index in [9.17, 15) is 0 Å². The van der Waals surface area contributed by atoms with E-state index in [2.05, 4.69) is 34.5 Å². The van der Waals surface area contributed by atoms with Crippen molar-refractivity contribution in [2.45, 2.75) is 6.04 Å². The lowest BCUT2D eigenvalue weighted by atomic mass is 9.95. The third-order valence-electron chi connectivity index (χ3n) is 5.18. The van der Waals surface area contributed by atoms with E-state index in [1.807, 2.05) is 30.5 Å². The maximum atomic E-state index is 5.73. The predicted octanol–water partition coefficient (Wildman–Crippen LogP) is 3.25. The number of pyridine rings is 1. The molecule has 1 aliphatic rings. The molecule has 1 fully saturated rings. The quantitative estimate of drug-likeness (QED) is 0.754. The minimum absolute atomic E-state index is 0.0880. The highest BCUT2D eigenvalue weighted by Gasteiger charge is 2.27. The van der Waals surface area contributed by atoms with Crippen molar-refractivity contribution in [1.29, 1.82) is 0 Å². The van der Waals surface area contributed by atoms with E-state index in [0.717, 1.165) is 54.1 Å². The number of benzene rings is 2. The summed E-state index contributed by atoms with van der Waals surface area (Å²) in [5, 5.41) is 4.60. The topological polar surface area (TPSA) is 46.6 Å². The van der Waals surface area contributed by atoms with E-state index >= 15 is 0 Å². The van der Waals surface area contributed by atoms with Gasteiger partial charge in [-0.3, -0.25) is 9.88 Å². The Morgan fingerprint density at radius 2 is 1.81 bits per heavy atom. The number of nitrogens with one attached hydrogen (secondary N) is 1. The highest BCUT2D eigenvalue weighted by atomic mass is 16.5. The van der Waals surface area contributed by atoms with Crippen LogP contribution in [0.15, 0.2) is 54.7 Å². The van der Waals surface area contributed by atoms with Gasteiger partial charge in [0.2, 0.25) is 0 Å². The highest BCUT2D eigenvalue weighted by Crippen LogP contribution is 2.37. The van der Waals surface area contributed by atoms with Crippen LogP contribution in [0.1, 0.15) is 17.2 Å². The van der Waals surface area contributed by atoms with Crippen molar-refractivity contribution in [3.05, 3.63) is 65.9 Å². The van der Waals surface area contributed by atoms with Crippen molar-refractivity contribution in [1.82, 2.24) is 15.2 Å². The number of piperazine rings is 1. The van der Waals surface area contributed by atoms with Gasteiger partial charge in [0.25, 0.3) is 0 Å². The van der Waals surface area contributed by atoms with Crippen molar-refractivity contribution in [3.63, 3.8) is 0 Å². The minimum atomic E-state index is 0.0880. The summed E-state index contributed by atoms with van der Waals surface area (Å²) in [6.07, 6.45) is 2.00. The molecule has 1 aromatic heterocycles. The molecule has 2 heterocycles. The normalized spacial score (nSPS) is 16.2. The van der Waals surface area contributed by atoms with Gasteiger partial charge in [-0.2, -0.15) is 0 Å². The van der Waals surface area contributed by atoms with Crippen molar-refractivity contribution >= 4 is 10.9 Å². The molecule has 1 N–H and O–H groups in total. The Hall–Kier alpha value is -2.63. The largest absolute Gasteiger partial charge is 0.497 e. The van der Waals surface area contributed by atoms with Gasteiger partial charge >= 0.3 is 0 Å². The molecule has 0 saturated carbocycles. The molecule has 1 atom stereocenters. The first-order valence-corrected chi connectivity index (χ1v) is 9.31. The molecule has 0 aliphatic carbocycles. The lowest BCUT2D eigenvalue weighted by molar-refractivity contribution is 0.195. The molecule has 0 bridgehead atoms. The molecule has 5 nitrogen and oxygen atoms in total. The molecule has 3 aromatic rings. The molecule has 5 heteroatoms. The van der Waals surface area contributed by atoms with Crippen LogP contribution in [0.25, 0.3) is 10.9 Å². The van der Waals surface area contributed by atoms with Gasteiger partial charge in [-0.1, -0.05) is 18.2 Å². The van der Waals surface area contributed by atoms with Crippen molar-refractivity contribution in [2.75, 3.05) is 40.4 Å². The average molecular weight is 363 g/mol. The summed E-state index contributed by atoms with van der Waals surface area (Å²) in [5.41, 5.74) is 3.33. The fourth-order valence-corrected chi connectivity index (χ4v) is 3.81. The summed E-state index contributed by atoms with van der Waals surface area (Å²) in [7, 11) is 3.39. The Labute approximate surface area is 159 Å². The fourth-order valence-electron chi connectivity index (χ4n) is 3.81. The van der Waals surface area contributed by atoms with Crippen molar-refractivity contribution in [2.24, 2.45) is 0 Å². The number of aromatic nitrogens is 1. The van der Waals surface area contributed by atoms with Gasteiger partial charge in [0.15, 0.2) is 0 Å². The third-order valence-corrected chi connectivity index (χ3v) is 5.18. The Balaban J connectivity index is 1.83. The smallest absolute Gasteiger partial charge is 0.127 e. The summed E-state index contributed by atoms with van der Waals surface area (Å²) in [6.45, 7) is 3.92. The number of hydrogen-bond donors (Lipinski definition) is 1. The standard InChI is InChI=1S/C22H25N3O2/c1-26-18-7-8-19(21(14-18)27-2)22(25-11-9-23-10-12-25)17-13-16-5-3-4-6-20(16)24-15-17/h3-8,13-15,22-23H,9-12H2,1-2H3. The maximum absolute atomic E-state index is 5.73. The predicted molar refractivity (Wildman–Crippen MR) is 108 cm³/mol. The minimum Gasteiger partial charge on any atom is -0.497 e. The molecule has 0 radical (unpaired) electrons. The molecule has 1 saturated heterocycles. The molecule has 0 spiro atoms. The monoisotopic (exact) mass is 363 g/mol. The first-order valence-electron chi connectivity index (χ1n) is 9.31. The lowest BCUT2D eigenvalue weighted by Crippen LogP contribution is -2.45. The van der Waals surface area contributed by atoms with Crippen LogP contribution in [-0.4, -0.2) is 50.3 Å². The van der Waals surface area contributed by atoms with Gasteiger partial charge in [0, 0.05) is 49.4 Å². The molecule has 0 amide bonds. The van der Waals surface area contributed by atoms with Gasteiger partial charge in [-0.05, 0) is 29.8 Å². The fraction of sp³-hybridized carbons (Fsp3) is 0.318. The zero-order valence-electron chi connectivity index (χ0n) is 15.8. The van der Waals surface area contributed by atoms with Crippen molar-refractivity contribution < 1.29 is 9.47 Å². The third kappa shape index (κ3) is 3.61. The van der Waals surface area contributed by atoms with Gasteiger partial charge in [-0.15, -0.1) is 0 Å². The molecular weight excluding hydrogens is 338 g/mol. The summed E-state index contributed by atoms with van der Waals surface area (Å²) in [4.78, 5) is 7.20. The van der Waals surface area contributed by atoms with E-state index in [-0.39, 0.29) is 6.04 Å². The Kier molecular flexibility index (Phi) is 5.23. The Bertz CT molecular complexity index is 922. The van der Waals surface area contributed by atoms with Crippen LogP contribution < -0.4 is 14.8 Å². The number of fused-ring (bicyclic) bond motifs is 1. The van der Waals surface area contributed by atoms with E-state index in [0.29, 0.717) is 0 Å². The van der Waals surface area contributed by atoms with E-state index < -0.39 is 0 Å². The number of methoxy groups -OCH3 is 2. The summed E-state index contributed by atoms with van der Waals surface area (Å²) in [6, 6.07) is 16.7. The second kappa shape index (κ2) is 7.94. The zero-order chi connectivity index (χ0) is 18.6. The molecule has 27 heavy (non-hydrogen) atoms. The van der Waals surface area contributed by atoms with Gasteiger partial charge in [-0.25, -0.2) is 0 Å². The molecule has 140 valence electrons. The van der Waals surface area contributed by atoms with E-state index in [1.165, 1.54) is 5.56 Å². The van der Waals surface area contributed by atoms with Crippen LogP contribution in [0, 0.1) is 0 Å². The van der Waals surface area contributed by atoms with Gasteiger partial charge in [0.1, 0.15) is 11.5 Å². The SMILES string of the molecule is COc1ccc(C(c2cnc3ccccc3c2)N2CCNCC2)c(OC)c1. The summed E-state index contributed by atoms with van der Waals surface area (Å²) < 4.78 is 11.1. The Morgan fingerprint density at radius 3 is 2.59 bits per heavy atom. The van der Waals surface area contributed by atoms with Crippen LogP contribution >= 0.6 is 0 Å². The van der Waals surface area contributed by atoms with Crippen LogP contribution in [0.2, 0.25) is 0 Å². The number of nitrogens with zero attached hydrogens (tertiary/aromatic N) is 2. The highest BCUT2D eigenvalue weighted by molar-refractivity contribution is 5.79. The number of para-hydroxylation sites is 1. The second-order valence-corrected chi connectivity index (χ2v) is 6.76. The van der Waals surface area contributed by atoms with Crippen LogP contribution in [-0.2, 0) is 0 Å². The number of hydrogen-bond acceptors (Lipinski definition) is 5. The molecule has 2 aromatic carbocycles. The zero-order valence-corrected chi connectivity index (χ0v) is 15.8. The first-order chi connectivity index (χ1) is 13.3. The first kappa shape index (κ1) is 17.8. The summed E-state index contributed by atoms with van der Waals surface area (Å²) >= 11 is 0. The molecule has 4 rings (SSSR count). The van der Waals surface area contributed by atoms with Crippen LogP contribution in [0.5, 0.6) is 11.5 Å². The maximum Gasteiger partial charge on any atom is 0.127 e. The van der Waals surface area contributed by atoms with Crippen molar-refractivity contribution in [3.8, 4) is 11.5 Å². The van der Waals surface area contributed by atoms with Gasteiger partial charge in [0.05, 0.1) is 25.8 Å². The average Bonchev–Trinajstić information content (AvgIpc) is 2.75. The van der Waals surface area contributed by atoms with E-state index in [1.54, 1.807) is 14.2 Å². The van der Waals surface area contributed by atoms with Gasteiger partial charge < -0.3 is 14.8 Å². The Morgan fingerprint density at radius 1 is 1.00 bits per heavy atom. The second-order valence-electron chi connectivity index (χ2n) is 6.76. The summed E-state index contributed by atoms with van der Waals surface area (Å²) in [5.74, 6) is 1.64. The molecule has 1 unspecified atom stereocenters. The number of ether oxygens (including phenoxy) is 2. The molecule has 1 aliphatic heterocycles. The lowest BCUT2D eigenvalue weighted by Gasteiger charge is -2.36. The number of rotatable bonds is 5. The van der Waals surface area contributed by atoms with Crippen LogP contribution in [0.3, 0.4) is 0 Å². The van der Waals surface area contributed by atoms with Crippen LogP contribution in [0.4, 0.5) is 0 Å². The molecular formula is C22H25N3O2. The van der Waals surface area contributed by atoms with E-state index in [4.69, 9.17) is 14.5 Å².